The average Bonchev–Trinajstić information content (AvgIpc) is 3.36. The molecule has 9 N–H and O–H groups in total. The molecule has 6 aromatic rings. The minimum atomic E-state index is -3.54. The highest BCUT2D eigenvalue weighted by Gasteiger charge is 2.38. The Morgan fingerprint density at radius 3 is 1.49 bits per heavy atom. The summed E-state index contributed by atoms with van der Waals surface area (Å²) < 4.78 is 62.9. The molecule has 400 valence electrons. The van der Waals surface area contributed by atoms with Gasteiger partial charge in [-0.1, -0.05) is 75.2 Å². The Balaban J connectivity index is 0.000000219. The van der Waals surface area contributed by atoms with Crippen molar-refractivity contribution in [3.63, 3.8) is 0 Å². The number of amidine groups is 1. The van der Waals surface area contributed by atoms with Crippen LogP contribution < -0.4 is 42.2 Å². The van der Waals surface area contributed by atoms with E-state index in [-0.39, 0.29) is 72.0 Å². The molecule has 21 heteroatoms. The molecule has 0 fully saturated rings. The van der Waals surface area contributed by atoms with Crippen molar-refractivity contribution in [2.45, 2.75) is 125 Å². The van der Waals surface area contributed by atoms with Gasteiger partial charge >= 0.3 is 0 Å². The highest BCUT2D eigenvalue weighted by atomic mass is 35.5. The molecule has 0 spiro atoms. The molecule has 0 bridgehead atoms. The number of fused-ring (bicyclic) bond motifs is 2. The third kappa shape index (κ3) is 12.1. The van der Waals surface area contributed by atoms with Gasteiger partial charge in [-0.15, -0.1) is 0 Å². The number of anilines is 8. The van der Waals surface area contributed by atoms with Gasteiger partial charge in [-0.05, 0) is 135 Å². The van der Waals surface area contributed by atoms with Crippen molar-refractivity contribution < 1.29 is 26.3 Å². The topological polar surface area (TPSA) is 262 Å². The molecule has 2 aliphatic rings. The first-order valence-corrected chi connectivity index (χ1v) is 28.4. The summed E-state index contributed by atoms with van der Waals surface area (Å²) in [4.78, 5) is 18.1. The van der Waals surface area contributed by atoms with Crippen LogP contribution >= 0.6 is 23.2 Å². The SMILES string of the molecule is COc1cc2c(cc1Nc1ncc(Cl)c(Nc3ccccc3S(=O)(=O)C(C)C)n1)CCC(CC(=N)N)C2(C)C.COc1cc2c(cc1Nc1ncc(Cl)c(Nc3ccccc3S(=O)(=O)C(C)C)n1)CCC(N)C2(C)C. The number of nitrogens with zero attached hydrogens (tertiary/aromatic N) is 4. The van der Waals surface area contributed by atoms with Crippen molar-refractivity contribution in [3.8, 4) is 11.5 Å². The fourth-order valence-corrected chi connectivity index (χ4v) is 12.2. The Labute approximate surface area is 450 Å². The Kier molecular flexibility index (Phi) is 17.0. The van der Waals surface area contributed by atoms with Gasteiger partial charge in [0, 0.05) is 17.9 Å². The van der Waals surface area contributed by atoms with E-state index in [1.54, 1.807) is 90.4 Å². The number of nitrogens with two attached hydrogens (primary N) is 2. The number of rotatable bonds is 16. The van der Waals surface area contributed by atoms with Crippen molar-refractivity contribution in [2.75, 3.05) is 35.5 Å². The Morgan fingerprint density at radius 1 is 0.667 bits per heavy atom. The Bertz CT molecular complexity index is 3340. The molecule has 0 saturated heterocycles. The van der Waals surface area contributed by atoms with Crippen molar-refractivity contribution in [3.05, 3.63) is 117 Å². The smallest absolute Gasteiger partial charge is 0.229 e. The first-order valence-electron chi connectivity index (χ1n) is 24.6. The number of aromatic nitrogens is 4. The molecule has 2 aromatic heterocycles. The van der Waals surface area contributed by atoms with Crippen LogP contribution in [0.3, 0.4) is 0 Å². The van der Waals surface area contributed by atoms with Crippen LogP contribution in [0.25, 0.3) is 0 Å². The third-order valence-corrected chi connectivity index (χ3v) is 19.2. The lowest BCUT2D eigenvalue weighted by atomic mass is 9.64. The average molecular weight is 1100 g/mol. The van der Waals surface area contributed by atoms with E-state index >= 15 is 0 Å². The molecule has 0 amide bonds. The number of methoxy groups -OCH3 is 2. The summed E-state index contributed by atoms with van der Waals surface area (Å²) >= 11 is 12.8. The van der Waals surface area contributed by atoms with Crippen LogP contribution in [0.4, 0.5) is 46.3 Å². The van der Waals surface area contributed by atoms with E-state index in [1.807, 2.05) is 12.1 Å². The number of aryl methyl sites for hydroxylation is 2. The van der Waals surface area contributed by atoms with Crippen LogP contribution in [-0.2, 0) is 43.3 Å². The fourth-order valence-electron chi connectivity index (χ4n) is 9.47. The van der Waals surface area contributed by atoms with Gasteiger partial charge in [-0.2, -0.15) is 9.97 Å². The lowest BCUT2D eigenvalue weighted by molar-refractivity contribution is 0.284. The van der Waals surface area contributed by atoms with Crippen molar-refractivity contribution >= 4 is 95.0 Å². The maximum atomic E-state index is 12.9. The zero-order valence-electron chi connectivity index (χ0n) is 43.9. The van der Waals surface area contributed by atoms with Crippen LogP contribution in [0.5, 0.6) is 11.5 Å². The lowest BCUT2D eigenvalue weighted by Crippen LogP contribution is -2.44. The second-order valence-electron chi connectivity index (χ2n) is 20.4. The summed E-state index contributed by atoms with van der Waals surface area (Å²) in [7, 11) is -3.83. The van der Waals surface area contributed by atoms with Crippen LogP contribution in [0.2, 0.25) is 10.0 Å². The molecule has 2 heterocycles. The molecule has 8 rings (SSSR count). The summed E-state index contributed by atoms with van der Waals surface area (Å²) in [5, 5.41) is 19.7. The van der Waals surface area contributed by atoms with Crippen LogP contribution in [0, 0.1) is 11.3 Å². The summed E-state index contributed by atoms with van der Waals surface area (Å²) in [5.74, 6) is 2.86. The molecule has 0 aliphatic heterocycles. The van der Waals surface area contributed by atoms with Gasteiger partial charge in [0.2, 0.25) is 11.9 Å². The summed E-state index contributed by atoms with van der Waals surface area (Å²) in [5.41, 5.74) is 18.7. The standard InChI is InChI=1S/C28H35ClN6O3S.C26H32ClN5O3S/c1-16(2)39(36,37)24-9-7-6-8-21(24)33-26-20(29)15-32-27(35-26)34-22-12-17-10-11-18(13-25(30)31)28(3,4)19(17)14-23(22)38-5;1-15(2)36(33,34)22-9-7-6-8-19(22)30-24-18(27)14-29-25(32-24)31-20-12-16-10-11-23(28)26(3,4)17(16)13-21(20)35-5/h6-9,12,14-16,18H,10-11,13H2,1-5H3,(H3,30,31)(H2,32,33,34,35);6-9,12-15,23H,10-11,28H2,1-5H3,(H2,29,30,31,32). The summed E-state index contributed by atoms with van der Waals surface area (Å²) in [6.45, 7) is 15.2. The number of hydrogen-bond acceptors (Lipinski definition) is 16. The predicted octanol–water partition coefficient (Wildman–Crippen LogP) is 11.3. The van der Waals surface area contributed by atoms with Gasteiger partial charge in [0.1, 0.15) is 21.5 Å². The molecule has 2 atom stereocenters. The van der Waals surface area contributed by atoms with Crippen LogP contribution in [0.1, 0.15) is 96.9 Å². The van der Waals surface area contributed by atoms with E-state index in [4.69, 9.17) is 49.6 Å². The maximum absolute atomic E-state index is 12.9. The monoisotopic (exact) mass is 1100 g/mol. The molecule has 0 radical (unpaired) electrons. The summed E-state index contributed by atoms with van der Waals surface area (Å²) in [6, 6.07) is 21.6. The van der Waals surface area contributed by atoms with Crippen molar-refractivity contribution in [1.29, 1.82) is 5.41 Å². The van der Waals surface area contributed by atoms with Gasteiger partial charge in [-0.3, -0.25) is 5.41 Å². The van der Waals surface area contributed by atoms with Gasteiger partial charge in [0.25, 0.3) is 0 Å². The normalized spacial score (nSPS) is 16.7. The zero-order valence-corrected chi connectivity index (χ0v) is 47.0. The van der Waals surface area contributed by atoms with E-state index in [1.165, 1.54) is 34.6 Å². The highest BCUT2D eigenvalue weighted by molar-refractivity contribution is 7.92. The first kappa shape index (κ1) is 56.5. The minimum absolute atomic E-state index is 0.0733. The molecule has 4 aromatic carbocycles. The van der Waals surface area contributed by atoms with E-state index in [0.29, 0.717) is 35.0 Å². The first-order chi connectivity index (χ1) is 35.3. The highest BCUT2D eigenvalue weighted by Crippen LogP contribution is 2.47. The summed E-state index contributed by atoms with van der Waals surface area (Å²) in [6.07, 6.45) is 7.03. The maximum Gasteiger partial charge on any atom is 0.229 e. The number of sulfone groups is 2. The molecule has 2 aliphatic carbocycles. The minimum Gasteiger partial charge on any atom is -0.495 e. The lowest BCUT2D eigenvalue weighted by Gasteiger charge is -2.41. The molecular weight excluding hydrogens is 1030 g/mol. The van der Waals surface area contributed by atoms with Crippen molar-refractivity contribution in [1.82, 2.24) is 19.9 Å². The molecular formula is C54H67Cl2N11O6S2. The quantitative estimate of drug-likeness (QED) is 0.0351. The second-order valence-corrected chi connectivity index (χ2v) is 26.2. The van der Waals surface area contributed by atoms with Crippen molar-refractivity contribution in [2.24, 2.45) is 17.4 Å². The molecule has 17 nitrogen and oxygen atoms in total. The number of benzene rings is 4. The molecule has 0 saturated carbocycles. The fraction of sp³-hybridized carbons (Fsp3) is 0.389. The molecule has 75 heavy (non-hydrogen) atoms. The van der Waals surface area contributed by atoms with Gasteiger partial charge in [0.05, 0.1) is 75.5 Å². The van der Waals surface area contributed by atoms with Gasteiger partial charge < -0.3 is 42.2 Å². The largest absolute Gasteiger partial charge is 0.495 e. The van der Waals surface area contributed by atoms with E-state index < -0.39 is 30.2 Å². The second kappa shape index (κ2) is 22.5. The zero-order chi connectivity index (χ0) is 54.8. The predicted molar refractivity (Wildman–Crippen MR) is 301 cm³/mol. The van der Waals surface area contributed by atoms with Gasteiger partial charge in [-0.25, -0.2) is 26.8 Å². The number of halogens is 2. The number of ether oxygens (including phenoxy) is 2. The third-order valence-electron chi connectivity index (χ3n) is 14.3. The number of hydrogen-bond donors (Lipinski definition) is 7. The Morgan fingerprint density at radius 2 is 1.08 bits per heavy atom. The number of nitrogens with one attached hydrogen (secondary N) is 5. The Hall–Kier alpha value is -6.25. The molecule has 2 unspecified atom stereocenters. The number of para-hydroxylation sites is 2. The van der Waals surface area contributed by atoms with Gasteiger partial charge in [0.15, 0.2) is 31.3 Å². The van der Waals surface area contributed by atoms with Crippen LogP contribution in [0.15, 0.2) is 95.0 Å². The van der Waals surface area contributed by atoms with E-state index in [2.05, 4.69) is 81.0 Å². The van der Waals surface area contributed by atoms with Crippen LogP contribution in [-0.4, -0.2) is 73.4 Å². The van der Waals surface area contributed by atoms with E-state index in [0.717, 1.165) is 31.4 Å². The van der Waals surface area contributed by atoms with E-state index in [9.17, 15) is 16.8 Å².